The SMILES string of the molecule is Cc1cccnc1OCC1CCN(C2CCC2)CC1. The Balaban J connectivity index is 1.43. The maximum atomic E-state index is 5.88. The molecule has 0 unspecified atom stereocenters. The molecule has 0 amide bonds. The number of pyridine rings is 1. The molecule has 104 valence electrons. The standard InChI is InChI=1S/C16H24N2O/c1-13-4-3-9-17-16(13)19-12-14-7-10-18(11-8-14)15-5-2-6-15/h3-4,9,14-15H,2,5-8,10-12H2,1H3. The van der Waals surface area contributed by atoms with Crippen LogP contribution in [-0.4, -0.2) is 35.6 Å². The van der Waals surface area contributed by atoms with Gasteiger partial charge in [0, 0.05) is 17.8 Å². The molecule has 2 aliphatic rings. The quantitative estimate of drug-likeness (QED) is 0.832. The van der Waals surface area contributed by atoms with Crippen molar-refractivity contribution in [3.8, 4) is 5.88 Å². The fourth-order valence-corrected chi connectivity index (χ4v) is 3.06. The maximum Gasteiger partial charge on any atom is 0.216 e. The van der Waals surface area contributed by atoms with Gasteiger partial charge in [0.05, 0.1) is 6.61 Å². The smallest absolute Gasteiger partial charge is 0.216 e. The highest BCUT2D eigenvalue weighted by molar-refractivity contribution is 5.23. The van der Waals surface area contributed by atoms with E-state index in [1.165, 1.54) is 45.2 Å². The molecule has 2 fully saturated rings. The van der Waals surface area contributed by atoms with Crippen LogP contribution >= 0.6 is 0 Å². The van der Waals surface area contributed by atoms with Gasteiger partial charge in [-0.15, -0.1) is 0 Å². The first-order valence-electron chi connectivity index (χ1n) is 7.61. The zero-order chi connectivity index (χ0) is 13.1. The van der Waals surface area contributed by atoms with Crippen LogP contribution in [0.3, 0.4) is 0 Å². The zero-order valence-electron chi connectivity index (χ0n) is 11.8. The van der Waals surface area contributed by atoms with Gasteiger partial charge in [0.2, 0.25) is 5.88 Å². The summed E-state index contributed by atoms with van der Waals surface area (Å²) >= 11 is 0. The van der Waals surface area contributed by atoms with Crippen molar-refractivity contribution in [2.75, 3.05) is 19.7 Å². The average Bonchev–Trinajstić information content (AvgIpc) is 2.37. The summed E-state index contributed by atoms with van der Waals surface area (Å²) in [5, 5.41) is 0. The van der Waals surface area contributed by atoms with Crippen LogP contribution < -0.4 is 4.74 Å². The van der Waals surface area contributed by atoms with Crippen molar-refractivity contribution < 1.29 is 4.74 Å². The van der Waals surface area contributed by atoms with Crippen molar-refractivity contribution in [3.63, 3.8) is 0 Å². The van der Waals surface area contributed by atoms with Gasteiger partial charge >= 0.3 is 0 Å². The van der Waals surface area contributed by atoms with Gasteiger partial charge in [-0.3, -0.25) is 0 Å². The van der Waals surface area contributed by atoms with Crippen molar-refractivity contribution >= 4 is 0 Å². The topological polar surface area (TPSA) is 25.4 Å². The lowest BCUT2D eigenvalue weighted by Crippen LogP contribution is -2.45. The van der Waals surface area contributed by atoms with Gasteiger partial charge in [-0.05, 0) is 57.7 Å². The molecule has 3 heteroatoms. The Hall–Kier alpha value is -1.09. The van der Waals surface area contributed by atoms with Crippen molar-refractivity contribution in [3.05, 3.63) is 23.9 Å². The summed E-state index contributed by atoms with van der Waals surface area (Å²) in [7, 11) is 0. The third-order valence-corrected chi connectivity index (χ3v) is 4.66. The van der Waals surface area contributed by atoms with Gasteiger partial charge in [-0.1, -0.05) is 12.5 Å². The third-order valence-electron chi connectivity index (χ3n) is 4.66. The molecule has 3 rings (SSSR count). The molecule has 1 aromatic rings. The minimum Gasteiger partial charge on any atom is -0.477 e. The Morgan fingerprint density at radius 1 is 1.26 bits per heavy atom. The predicted molar refractivity (Wildman–Crippen MR) is 76.4 cm³/mol. The monoisotopic (exact) mass is 260 g/mol. The first kappa shape index (κ1) is 12.9. The molecule has 0 aromatic carbocycles. The van der Waals surface area contributed by atoms with E-state index in [1.54, 1.807) is 0 Å². The molecule has 0 bridgehead atoms. The Labute approximate surface area is 116 Å². The van der Waals surface area contributed by atoms with Crippen molar-refractivity contribution in [2.45, 2.75) is 45.1 Å². The number of piperidine rings is 1. The van der Waals surface area contributed by atoms with Crippen LogP contribution in [0.5, 0.6) is 5.88 Å². The second-order valence-electron chi connectivity index (χ2n) is 6.00. The number of aryl methyl sites for hydroxylation is 1. The molecule has 1 aromatic heterocycles. The number of likely N-dealkylation sites (tertiary alicyclic amines) is 1. The molecule has 1 aliphatic carbocycles. The predicted octanol–water partition coefficient (Wildman–Crippen LogP) is 3.03. The lowest BCUT2D eigenvalue weighted by Gasteiger charge is -2.41. The minimum atomic E-state index is 0.706. The Bertz CT molecular complexity index is 409. The summed E-state index contributed by atoms with van der Waals surface area (Å²) in [5.74, 6) is 1.52. The number of aromatic nitrogens is 1. The molecule has 1 saturated heterocycles. The lowest BCUT2D eigenvalue weighted by molar-refractivity contribution is 0.0700. The number of hydrogen-bond donors (Lipinski definition) is 0. The molecule has 1 aliphatic heterocycles. The molecule has 1 saturated carbocycles. The van der Waals surface area contributed by atoms with Crippen LogP contribution in [0.1, 0.15) is 37.7 Å². The first-order valence-corrected chi connectivity index (χ1v) is 7.61. The number of nitrogens with zero attached hydrogens (tertiary/aromatic N) is 2. The number of hydrogen-bond acceptors (Lipinski definition) is 3. The molecule has 19 heavy (non-hydrogen) atoms. The molecular formula is C16H24N2O. The van der Waals surface area contributed by atoms with Crippen LogP contribution in [0.25, 0.3) is 0 Å². The molecule has 0 radical (unpaired) electrons. The Morgan fingerprint density at radius 2 is 2.05 bits per heavy atom. The zero-order valence-corrected chi connectivity index (χ0v) is 11.8. The highest BCUT2D eigenvalue weighted by Crippen LogP contribution is 2.29. The second kappa shape index (κ2) is 5.91. The summed E-state index contributed by atoms with van der Waals surface area (Å²) in [4.78, 5) is 6.98. The van der Waals surface area contributed by atoms with Gasteiger partial charge in [0.25, 0.3) is 0 Å². The molecule has 3 nitrogen and oxygen atoms in total. The molecule has 0 atom stereocenters. The lowest BCUT2D eigenvalue weighted by atomic mass is 9.88. The maximum absolute atomic E-state index is 5.88. The van der Waals surface area contributed by atoms with E-state index in [4.69, 9.17) is 4.74 Å². The van der Waals surface area contributed by atoms with Gasteiger partial charge in [0.15, 0.2) is 0 Å². The van der Waals surface area contributed by atoms with Crippen molar-refractivity contribution in [1.29, 1.82) is 0 Å². The first-order chi connectivity index (χ1) is 9.33. The fraction of sp³-hybridized carbons (Fsp3) is 0.688. The van der Waals surface area contributed by atoms with Crippen LogP contribution in [0.4, 0.5) is 0 Å². The highest BCUT2D eigenvalue weighted by atomic mass is 16.5. The summed E-state index contributed by atoms with van der Waals surface area (Å²) in [6.07, 6.45) is 8.65. The Morgan fingerprint density at radius 3 is 2.68 bits per heavy atom. The van der Waals surface area contributed by atoms with E-state index in [0.29, 0.717) is 5.92 Å². The van der Waals surface area contributed by atoms with Gasteiger partial charge in [-0.2, -0.15) is 0 Å². The van der Waals surface area contributed by atoms with Gasteiger partial charge in [-0.25, -0.2) is 4.98 Å². The van der Waals surface area contributed by atoms with E-state index in [9.17, 15) is 0 Å². The third kappa shape index (κ3) is 3.08. The summed E-state index contributed by atoms with van der Waals surface area (Å²) < 4.78 is 5.88. The normalized spacial score (nSPS) is 22.2. The number of rotatable bonds is 4. The summed E-state index contributed by atoms with van der Waals surface area (Å²) in [5.41, 5.74) is 1.13. The highest BCUT2D eigenvalue weighted by Gasteiger charge is 2.28. The largest absolute Gasteiger partial charge is 0.477 e. The van der Waals surface area contributed by atoms with Crippen LogP contribution in [-0.2, 0) is 0 Å². The van der Waals surface area contributed by atoms with Gasteiger partial charge in [0.1, 0.15) is 0 Å². The van der Waals surface area contributed by atoms with E-state index in [1.807, 2.05) is 12.3 Å². The summed E-state index contributed by atoms with van der Waals surface area (Å²) in [6.45, 7) is 5.41. The second-order valence-corrected chi connectivity index (χ2v) is 6.00. The van der Waals surface area contributed by atoms with Crippen molar-refractivity contribution in [2.24, 2.45) is 5.92 Å². The van der Waals surface area contributed by atoms with E-state index < -0.39 is 0 Å². The molecule has 0 spiro atoms. The van der Waals surface area contributed by atoms with E-state index >= 15 is 0 Å². The summed E-state index contributed by atoms with van der Waals surface area (Å²) in [6, 6.07) is 4.92. The van der Waals surface area contributed by atoms with E-state index in [2.05, 4.69) is 22.9 Å². The van der Waals surface area contributed by atoms with E-state index in [-0.39, 0.29) is 0 Å². The van der Waals surface area contributed by atoms with Crippen molar-refractivity contribution in [1.82, 2.24) is 9.88 Å². The number of ether oxygens (including phenoxy) is 1. The molecule has 0 N–H and O–H groups in total. The molecule has 2 heterocycles. The minimum absolute atomic E-state index is 0.706. The van der Waals surface area contributed by atoms with Gasteiger partial charge < -0.3 is 9.64 Å². The van der Waals surface area contributed by atoms with Crippen LogP contribution in [0.15, 0.2) is 18.3 Å². The molecular weight excluding hydrogens is 236 g/mol. The van der Waals surface area contributed by atoms with E-state index in [0.717, 1.165) is 24.1 Å². The Kier molecular flexibility index (Phi) is 4.02. The average molecular weight is 260 g/mol. The van der Waals surface area contributed by atoms with Crippen LogP contribution in [0.2, 0.25) is 0 Å². The van der Waals surface area contributed by atoms with Crippen LogP contribution in [0, 0.1) is 12.8 Å². The fourth-order valence-electron chi connectivity index (χ4n) is 3.06.